The Bertz CT molecular complexity index is 65.0. The number of hydrogen-bond donors (Lipinski definition) is 0. The van der Waals surface area contributed by atoms with Gasteiger partial charge in [0.1, 0.15) is 0 Å². The Kier molecular flexibility index (Phi) is 3.05. The van der Waals surface area contributed by atoms with Gasteiger partial charge in [-0.1, -0.05) is 12.8 Å². The summed E-state index contributed by atoms with van der Waals surface area (Å²) in [6, 6.07) is 0. The third-order valence-electron chi connectivity index (χ3n) is 1.82. The molecule has 0 aromatic carbocycles. The quantitative estimate of drug-likeness (QED) is 0.564. The number of ether oxygens (including phenoxy) is 1. The van der Waals surface area contributed by atoms with Crippen LogP contribution in [-0.2, 0) is 4.74 Å². The van der Waals surface area contributed by atoms with E-state index in [4.69, 9.17) is 4.74 Å². The van der Waals surface area contributed by atoms with Crippen molar-refractivity contribution < 1.29 is 4.74 Å². The van der Waals surface area contributed by atoms with E-state index in [0.29, 0.717) is 0 Å². The minimum Gasteiger partial charge on any atom is -0.381 e. The van der Waals surface area contributed by atoms with Gasteiger partial charge >= 0.3 is 0 Å². The van der Waals surface area contributed by atoms with Crippen LogP contribution in [-0.4, -0.2) is 13.2 Å². The molecule has 0 aromatic heterocycles. The molecule has 1 aliphatic carbocycles. The Balaban J connectivity index is 1.98. The van der Waals surface area contributed by atoms with E-state index >= 15 is 0 Å². The standard InChI is InChI=1S/C8H15O/c1-2-9-7-8-5-3-4-6-8/h2-7H2,1H3. The topological polar surface area (TPSA) is 9.23 Å². The molecule has 0 unspecified atom stereocenters. The summed E-state index contributed by atoms with van der Waals surface area (Å²) in [6.07, 6.45) is 5.42. The molecule has 0 amide bonds. The first-order valence-electron chi connectivity index (χ1n) is 3.85. The summed E-state index contributed by atoms with van der Waals surface area (Å²) in [4.78, 5) is 0. The first-order valence-corrected chi connectivity index (χ1v) is 3.85. The van der Waals surface area contributed by atoms with Crippen LogP contribution in [0.3, 0.4) is 0 Å². The van der Waals surface area contributed by atoms with Gasteiger partial charge in [-0.3, -0.25) is 0 Å². The van der Waals surface area contributed by atoms with Crippen molar-refractivity contribution in [2.45, 2.75) is 32.6 Å². The highest BCUT2D eigenvalue weighted by molar-refractivity contribution is 4.94. The first-order chi connectivity index (χ1) is 4.43. The molecule has 1 saturated carbocycles. The van der Waals surface area contributed by atoms with E-state index in [1.807, 2.05) is 0 Å². The average molecular weight is 127 g/mol. The fraction of sp³-hybridized carbons (Fsp3) is 0.875. The lowest BCUT2D eigenvalue weighted by atomic mass is 10.1. The zero-order chi connectivity index (χ0) is 6.53. The summed E-state index contributed by atoms with van der Waals surface area (Å²) in [5, 5.41) is 0. The van der Waals surface area contributed by atoms with Crippen LogP contribution in [0.25, 0.3) is 0 Å². The lowest BCUT2D eigenvalue weighted by Gasteiger charge is -2.05. The molecular weight excluding hydrogens is 112 g/mol. The molecule has 1 nitrogen and oxygen atoms in total. The van der Waals surface area contributed by atoms with E-state index in [9.17, 15) is 0 Å². The van der Waals surface area contributed by atoms with Crippen LogP contribution in [0, 0.1) is 5.92 Å². The van der Waals surface area contributed by atoms with Crippen molar-refractivity contribution in [2.75, 3.05) is 13.2 Å². The summed E-state index contributed by atoms with van der Waals surface area (Å²) in [6.45, 7) is 3.84. The normalized spacial score (nSPS) is 21.0. The van der Waals surface area contributed by atoms with Crippen LogP contribution in [0.2, 0.25) is 0 Å². The second-order valence-corrected chi connectivity index (χ2v) is 2.59. The lowest BCUT2D eigenvalue weighted by molar-refractivity contribution is 0.155. The Morgan fingerprint density at radius 1 is 1.33 bits per heavy atom. The van der Waals surface area contributed by atoms with Crippen LogP contribution in [0.5, 0.6) is 0 Å². The molecule has 0 N–H and O–H groups in total. The maximum absolute atomic E-state index is 5.28. The predicted octanol–water partition coefficient (Wildman–Crippen LogP) is 2.17. The Morgan fingerprint density at radius 2 is 2.00 bits per heavy atom. The van der Waals surface area contributed by atoms with Gasteiger partial charge in [-0.25, -0.2) is 0 Å². The molecule has 0 saturated heterocycles. The van der Waals surface area contributed by atoms with Gasteiger partial charge in [-0.05, 0) is 19.8 Å². The first kappa shape index (κ1) is 7.07. The Labute approximate surface area is 57.4 Å². The van der Waals surface area contributed by atoms with Crippen LogP contribution in [0.4, 0.5) is 0 Å². The lowest BCUT2D eigenvalue weighted by Crippen LogP contribution is -2.02. The molecule has 1 aliphatic rings. The van der Waals surface area contributed by atoms with Gasteiger partial charge in [0.15, 0.2) is 0 Å². The molecule has 0 bridgehead atoms. The van der Waals surface area contributed by atoms with Crippen molar-refractivity contribution in [3.05, 3.63) is 5.92 Å². The van der Waals surface area contributed by atoms with Crippen LogP contribution in [0.1, 0.15) is 32.6 Å². The molecule has 0 heterocycles. The van der Waals surface area contributed by atoms with E-state index in [1.165, 1.54) is 25.7 Å². The van der Waals surface area contributed by atoms with Gasteiger partial charge in [-0.15, -0.1) is 0 Å². The monoisotopic (exact) mass is 127 g/mol. The molecule has 1 fully saturated rings. The molecule has 1 radical (unpaired) electrons. The van der Waals surface area contributed by atoms with Crippen LogP contribution < -0.4 is 0 Å². The summed E-state index contributed by atoms with van der Waals surface area (Å²) in [5.41, 5.74) is 0. The fourth-order valence-corrected chi connectivity index (χ4v) is 1.27. The molecule has 0 spiro atoms. The third kappa shape index (κ3) is 2.35. The van der Waals surface area contributed by atoms with E-state index in [-0.39, 0.29) is 0 Å². The predicted molar refractivity (Wildman–Crippen MR) is 38.2 cm³/mol. The summed E-state index contributed by atoms with van der Waals surface area (Å²) in [7, 11) is 0. The average Bonchev–Trinajstić information content (AvgIpc) is 2.34. The molecule has 0 atom stereocenters. The largest absolute Gasteiger partial charge is 0.381 e. The zero-order valence-corrected chi connectivity index (χ0v) is 6.15. The van der Waals surface area contributed by atoms with Crippen molar-refractivity contribution in [1.82, 2.24) is 0 Å². The summed E-state index contributed by atoms with van der Waals surface area (Å²) in [5.74, 6) is 1.62. The minimum atomic E-state index is 0.865. The molecule has 1 rings (SSSR count). The highest BCUT2D eigenvalue weighted by atomic mass is 16.5. The molecule has 1 heteroatoms. The molecule has 0 aliphatic heterocycles. The van der Waals surface area contributed by atoms with Gasteiger partial charge in [0.25, 0.3) is 0 Å². The van der Waals surface area contributed by atoms with E-state index in [2.05, 4.69) is 6.92 Å². The summed E-state index contributed by atoms with van der Waals surface area (Å²) >= 11 is 0. The maximum atomic E-state index is 5.28. The number of rotatable bonds is 3. The molecule has 53 valence electrons. The van der Waals surface area contributed by atoms with E-state index < -0.39 is 0 Å². The zero-order valence-electron chi connectivity index (χ0n) is 6.15. The van der Waals surface area contributed by atoms with Gasteiger partial charge in [0.2, 0.25) is 0 Å². The third-order valence-corrected chi connectivity index (χ3v) is 1.82. The Hall–Kier alpha value is -0.0400. The second-order valence-electron chi connectivity index (χ2n) is 2.59. The van der Waals surface area contributed by atoms with Crippen molar-refractivity contribution in [1.29, 1.82) is 0 Å². The van der Waals surface area contributed by atoms with E-state index in [1.54, 1.807) is 5.92 Å². The maximum Gasteiger partial charge on any atom is 0.0528 e. The molecule has 9 heavy (non-hydrogen) atoms. The highest BCUT2D eigenvalue weighted by Gasteiger charge is 2.14. The van der Waals surface area contributed by atoms with Crippen molar-refractivity contribution in [3.63, 3.8) is 0 Å². The molecule has 0 aromatic rings. The smallest absolute Gasteiger partial charge is 0.0528 e. The van der Waals surface area contributed by atoms with Gasteiger partial charge in [0, 0.05) is 12.5 Å². The van der Waals surface area contributed by atoms with Crippen LogP contribution >= 0.6 is 0 Å². The van der Waals surface area contributed by atoms with Gasteiger partial charge < -0.3 is 4.74 Å². The number of hydrogen-bond acceptors (Lipinski definition) is 1. The van der Waals surface area contributed by atoms with Crippen LogP contribution in [0.15, 0.2) is 0 Å². The second kappa shape index (κ2) is 3.89. The SMILES string of the molecule is CCOC[C]1CCCC1. The Morgan fingerprint density at radius 3 is 2.56 bits per heavy atom. The summed E-state index contributed by atoms with van der Waals surface area (Å²) < 4.78 is 5.28. The van der Waals surface area contributed by atoms with Crippen molar-refractivity contribution in [2.24, 2.45) is 0 Å². The van der Waals surface area contributed by atoms with Crippen molar-refractivity contribution in [3.8, 4) is 0 Å². The van der Waals surface area contributed by atoms with Crippen molar-refractivity contribution >= 4 is 0 Å². The minimum absolute atomic E-state index is 0.865. The van der Waals surface area contributed by atoms with Gasteiger partial charge in [-0.2, -0.15) is 0 Å². The van der Waals surface area contributed by atoms with Gasteiger partial charge in [0.05, 0.1) is 6.61 Å². The van der Waals surface area contributed by atoms with E-state index in [0.717, 1.165) is 13.2 Å². The molecular formula is C8H15O. The highest BCUT2D eigenvalue weighted by Crippen LogP contribution is 2.26. The fourth-order valence-electron chi connectivity index (χ4n) is 1.27.